The first-order chi connectivity index (χ1) is 17.3. The molecule has 0 saturated heterocycles. The van der Waals surface area contributed by atoms with Gasteiger partial charge in [-0.1, -0.05) is 109 Å². The number of nitrogens with one attached hydrogen (secondary N) is 1. The van der Waals surface area contributed by atoms with Gasteiger partial charge in [-0.15, -0.1) is 0 Å². The van der Waals surface area contributed by atoms with Gasteiger partial charge >= 0.3 is 0 Å². The molecule has 0 spiro atoms. The molecule has 0 aliphatic rings. The molecule has 1 N–H and O–H groups in total. The third-order valence-electron chi connectivity index (χ3n) is 5.98. The standard InChI is InChI=1S/C20H20.C13H13NO2/c1-4-9-16(2)14-17(3)19-12-8-13-20(15-19)18-10-6-5-7-11-18;1-8-11(13(16)12(8)15)14-9(2)10-6-4-3-5-7-10/h4-15H,3H2,1-2H3;3-7,9,14H,1-2H3/b9-4-,16-14-;/t;9-/m.1/s1. The summed E-state index contributed by atoms with van der Waals surface area (Å²) in [5.41, 5.74) is 7.18. The summed E-state index contributed by atoms with van der Waals surface area (Å²) in [4.78, 5) is 22.3. The Bertz CT molecular complexity index is 1440. The number of hydrogen-bond acceptors (Lipinski definition) is 3. The zero-order valence-corrected chi connectivity index (χ0v) is 21.4. The van der Waals surface area contributed by atoms with Crippen molar-refractivity contribution in [3.8, 4) is 11.1 Å². The molecule has 4 aromatic carbocycles. The minimum atomic E-state index is -0.403. The van der Waals surface area contributed by atoms with Gasteiger partial charge in [0.05, 0.1) is 5.69 Å². The Balaban J connectivity index is 0.000000205. The number of hydrogen-bond donors (Lipinski definition) is 1. The van der Waals surface area contributed by atoms with Gasteiger partial charge in [0.25, 0.3) is 0 Å². The highest BCUT2D eigenvalue weighted by molar-refractivity contribution is 5.77. The van der Waals surface area contributed by atoms with Gasteiger partial charge in [-0.2, -0.15) is 0 Å². The van der Waals surface area contributed by atoms with Crippen LogP contribution >= 0.6 is 0 Å². The molecular weight excluding hydrogens is 442 g/mol. The van der Waals surface area contributed by atoms with E-state index in [9.17, 15) is 9.59 Å². The maximum absolute atomic E-state index is 11.3. The molecule has 4 rings (SSSR count). The van der Waals surface area contributed by atoms with E-state index in [2.05, 4.69) is 79.5 Å². The normalized spacial score (nSPS) is 12.2. The second kappa shape index (κ2) is 12.5. The highest BCUT2D eigenvalue weighted by Crippen LogP contribution is 2.24. The summed E-state index contributed by atoms with van der Waals surface area (Å²) in [6.45, 7) is 11.9. The van der Waals surface area contributed by atoms with Crippen LogP contribution in [0.5, 0.6) is 0 Å². The summed E-state index contributed by atoms with van der Waals surface area (Å²) in [6, 6.07) is 28.8. The van der Waals surface area contributed by atoms with Crippen LogP contribution in [0.25, 0.3) is 16.7 Å². The van der Waals surface area contributed by atoms with E-state index in [1.165, 1.54) is 16.7 Å². The first-order valence-corrected chi connectivity index (χ1v) is 12.1. The fourth-order valence-corrected chi connectivity index (χ4v) is 3.92. The van der Waals surface area contributed by atoms with E-state index in [1.54, 1.807) is 6.92 Å². The first kappa shape index (κ1) is 26.4. The molecule has 36 heavy (non-hydrogen) atoms. The summed E-state index contributed by atoms with van der Waals surface area (Å²) >= 11 is 0. The van der Waals surface area contributed by atoms with Crippen LogP contribution in [-0.4, -0.2) is 0 Å². The molecule has 0 heterocycles. The Morgan fingerprint density at radius 2 is 1.47 bits per heavy atom. The van der Waals surface area contributed by atoms with Gasteiger partial charge in [-0.05, 0) is 61.6 Å². The molecule has 0 saturated carbocycles. The summed E-state index contributed by atoms with van der Waals surface area (Å²) in [7, 11) is 0. The van der Waals surface area contributed by atoms with Gasteiger partial charge in [0, 0.05) is 11.6 Å². The monoisotopic (exact) mass is 475 g/mol. The second-order valence-electron chi connectivity index (χ2n) is 8.80. The lowest BCUT2D eigenvalue weighted by atomic mass is 9.99. The SMILES string of the molecule is C=C(/C=C(C)\C=C/C)c1cccc(-c2ccccc2)c1.Cc1c(N[C@H](C)c2ccccc2)c(=O)c1=O. The zero-order chi connectivity index (χ0) is 26.1. The topological polar surface area (TPSA) is 46.2 Å². The Kier molecular flexibility index (Phi) is 9.13. The van der Waals surface area contributed by atoms with Crippen LogP contribution in [0.4, 0.5) is 5.69 Å². The molecule has 3 nitrogen and oxygen atoms in total. The fourth-order valence-electron chi connectivity index (χ4n) is 3.92. The summed E-state index contributed by atoms with van der Waals surface area (Å²) in [5, 5.41) is 3.07. The van der Waals surface area contributed by atoms with Crippen molar-refractivity contribution in [2.45, 2.75) is 33.7 Å². The number of benzene rings is 3. The van der Waals surface area contributed by atoms with Crippen LogP contribution in [0.2, 0.25) is 0 Å². The Morgan fingerprint density at radius 1 is 0.861 bits per heavy atom. The number of rotatable bonds is 7. The Labute approximate surface area is 213 Å². The molecule has 0 aliphatic heterocycles. The van der Waals surface area contributed by atoms with E-state index in [4.69, 9.17) is 0 Å². The minimum absolute atomic E-state index is 0.0307. The van der Waals surface area contributed by atoms with E-state index in [-0.39, 0.29) is 11.5 Å². The largest absolute Gasteiger partial charge is 0.375 e. The van der Waals surface area contributed by atoms with Crippen LogP contribution in [0.3, 0.4) is 0 Å². The molecule has 0 fully saturated rings. The van der Waals surface area contributed by atoms with Gasteiger partial charge in [0.1, 0.15) is 0 Å². The van der Waals surface area contributed by atoms with Gasteiger partial charge in [-0.3, -0.25) is 9.59 Å². The van der Waals surface area contributed by atoms with Crippen molar-refractivity contribution in [1.29, 1.82) is 0 Å². The van der Waals surface area contributed by atoms with Gasteiger partial charge in [0.15, 0.2) is 0 Å². The quantitative estimate of drug-likeness (QED) is 0.220. The molecule has 3 heteroatoms. The van der Waals surface area contributed by atoms with E-state index >= 15 is 0 Å². The fraction of sp³-hybridized carbons (Fsp3) is 0.152. The Hall–Kier alpha value is -4.24. The smallest absolute Gasteiger partial charge is 0.249 e. The molecular formula is C33H33NO2. The van der Waals surface area contributed by atoms with Crippen molar-refractivity contribution in [3.05, 3.63) is 152 Å². The van der Waals surface area contributed by atoms with Crippen molar-refractivity contribution >= 4 is 11.3 Å². The highest BCUT2D eigenvalue weighted by Gasteiger charge is 2.18. The van der Waals surface area contributed by atoms with Crippen molar-refractivity contribution < 1.29 is 0 Å². The van der Waals surface area contributed by atoms with E-state index < -0.39 is 5.43 Å². The molecule has 0 amide bonds. The Morgan fingerprint density at radius 3 is 2.08 bits per heavy atom. The van der Waals surface area contributed by atoms with Crippen LogP contribution < -0.4 is 16.2 Å². The molecule has 1 atom stereocenters. The molecule has 0 bridgehead atoms. The van der Waals surface area contributed by atoms with Crippen molar-refractivity contribution in [3.63, 3.8) is 0 Å². The van der Waals surface area contributed by atoms with Gasteiger partial charge in [0.2, 0.25) is 10.9 Å². The zero-order valence-electron chi connectivity index (χ0n) is 21.4. The lowest BCUT2D eigenvalue weighted by molar-refractivity contribution is 0.875. The molecule has 0 radical (unpaired) electrons. The van der Waals surface area contributed by atoms with Crippen LogP contribution in [0.1, 0.15) is 43.5 Å². The predicted octanol–water partition coefficient (Wildman–Crippen LogP) is 7.65. The minimum Gasteiger partial charge on any atom is -0.375 e. The lowest BCUT2D eigenvalue weighted by Gasteiger charge is -2.17. The van der Waals surface area contributed by atoms with Crippen molar-refractivity contribution in [2.75, 3.05) is 5.32 Å². The average molecular weight is 476 g/mol. The van der Waals surface area contributed by atoms with Crippen LogP contribution in [0.15, 0.2) is 125 Å². The van der Waals surface area contributed by atoms with E-state index in [0.717, 1.165) is 16.7 Å². The maximum atomic E-state index is 11.3. The molecule has 182 valence electrons. The van der Waals surface area contributed by atoms with Crippen molar-refractivity contribution in [2.24, 2.45) is 0 Å². The average Bonchev–Trinajstić information content (AvgIpc) is 2.92. The second-order valence-corrected chi connectivity index (χ2v) is 8.80. The molecule has 0 unspecified atom stereocenters. The lowest BCUT2D eigenvalue weighted by Crippen LogP contribution is -2.37. The van der Waals surface area contributed by atoms with Gasteiger partial charge < -0.3 is 5.32 Å². The van der Waals surface area contributed by atoms with Crippen LogP contribution in [-0.2, 0) is 0 Å². The summed E-state index contributed by atoms with van der Waals surface area (Å²) < 4.78 is 0. The predicted molar refractivity (Wildman–Crippen MR) is 154 cm³/mol. The third-order valence-corrected chi connectivity index (χ3v) is 5.98. The summed E-state index contributed by atoms with van der Waals surface area (Å²) in [6.07, 6.45) is 6.25. The number of allylic oxidation sites excluding steroid dienone is 5. The third kappa shape index (κ3) is 6.67. The highest BCUT2D eigenvalue weighted by atomic mass is 16.2. The van der Waals surface area contributed by atoms with Crippen molar-refractivity contribution in [1.82, 2.24) is 0 Å². The molecule has 4 aromatic rings. The summed E-state index contributed by atoms with van der Waals surface area (Å²) in [5.74, 6) is 0. The number of anilines is 1. The van der Waals surface area contributed by atoms with E-state index in [0.29, 0.717) is 11.3 Å². The molecule has 0 aliphatic carbocycles. The first-order valence-electron chi connectivity index (χ1n) is 12.1. The molecule has 0 aromatic heterocycles. The van der Waals surface area contributed by atoms with Gasteiger partial charge in [-0.25, -0.2) is 0 Å². The van der Waals surface area contributed by atoms with E-state index in [1.807, 2.05) is 56.3 Å². The van der Waals surface area contributed by atoms with Crippen LogP contribution in [0, 0.1) is 6.92 Å². The maximum Gasteiger partial charge on any atom is 0.249 e.